The van der Waals surface area contributed by atoms with Crippen molar-refractivity contribution >= 4 is 17.9 Å². The SMILES string of the molecule is COC(=O)c1cccc2c1OCC=N2. The van der Waals surface area contributed by atoms with Gasteiger partial charge >= 0.3 is 5.97 Å². The van der Waals surface area contributed by atoms with Crippen LogP contribution >= 0.6 is 0 Å². The van der Waals surface area contributed by atoms with Crippen LogP contribution in [0.1, 0.15) is 10.4 Å². The molecule has 0 fully saturated rings. The summed E-state index contributed by atoms with van der Waals surface area (Å²) >= 11 is 0. The Labute approximate surface area is 81.2 Å². The van der Waals surface area contributed by atoms with Crippen LogP contribution in [0.25, 0.3) is 0 Å². The molecular formula is C10H9NO3. The molecule has 72 valence electrons. The minimum Gasteiger partial charge on any atom is -0.485 e. The number of nitrogens with zero attached hydrogens (tertiary/aromatic N) is 1. The molecule has 1 heterocycles. The number of fused-ring (bicyclic) bond motifs is 1. The second-order valence-electron chi connectivity index (χ2n) is 2.77. The van der Waals surface area contributed by atoms with Gasteiger partial charge in [0.2, 0.25) is 0 Å². The Morgan fingerprint density at radius 2 is 2.43 bits per heavy atom. The molecular weight excluding hydrogens is 182 g/mol. The fourth-order valence-corrected chi connectivity index (χ4v) is 1.31. The summed E-state index contributed by atoms with van der Waals surface area (Å²) in [7, 11) is 1.34. The number of carbonyl (C=O) groups is 1. The van der Waals surface area contributed by atoms with E-state index in [1.165, 1.54) is 7.11 Å². The van der Waals surface area contributed by atoms with Crippen LogP contribution in [-0.4, -0.2) is 25.9 Å². The van der Waals surface area contributed by atoms with E-state index in [0.29, 0.717) is 23.6 Å². The van der Waals surface area contributed by atoms with Gasteiger partial charge in [-0.15, -0.1) is 0 Å². The van der Waals surface area contributed by atoms with Gasteiger partial charge in [-0.1, -0.05) is 6.07 Å². The molecule has 0 N–H and O–H groups in total. The minimum absolute atomic E-state index is 0.390. The molecule has 1 aliphatic heterocycles. The molecule has 1 aliphatic rings. The zero-order valence-electron chi connectivity index (χ0n) is 7.69. The number of esters is 1. The van der Waals surface area contributed by atoms with Gasteiger partial charge in [0.1, 0.15) is 17.9 Å². The Balaban J connectivity index is 2.51. The van der Waals surface area contributed by atoms with Crippen LogP contribution in [0.5, 0.6) is 5.75 Å². The molecule has 0 unspecified atom stereocenters. The second-order valence-corrected chi connectivity index (χ2v) is 2.77. The monoisotopic (exact) mass is 191 g/mol. The minimum atomic E-state index is -0.404. The molecule has 0 spiro atoms. The molecule has 4 nitrogen and oxygen atoms in total. The number of ether oxygens (including phenoxy) is 2. The molecule has 0 bridgehead atoms. The van der Waals surface area contributed by atoms with Crippen LogP contribution < -0.4 is 4.74 Å². The predicted octanol–water partition coefficient (Wildman–Crippen LogP) is 1.57. The Hall–Kier alpha value is -1.84. The third kappa shape index (κ3) is 1.35. The summed E-state index contributed by atoms with van der Waals surface area (Å²) in [5.74, 6) is 0.0980. The lowest BCUT2D eigenvalue weighted by atomic mass is 10.1. The number of carbonyl (C=O) groups excluding carboxylic acids is 1. The van der Waals surface area contributed by atoms with E-state index in [1.54, 1.807) is 24.4 Å². The number of methoxy groups -OCH3 is 1. The maximum absolute atomic E-state index is 11.3. The highest BCUT2D eigenvalue weighted by Gasteiger charge is 2.17. The van der Waals surface area contributed by atoms with E-state index in [9.17, 15) is 4.79 Å². The number of rotatable bonds is 1. The van der Waals surface area contributed by atoms with Crippen molar-refractivity contribution in [3.8, 4) is 5.75 Å². The summed E-state index contributed by atoms with van der Waals surface area (Å²) in [6.45, 7) is 0.390. The Morgan fingerprint density at radius 3 is 3.21 bits per heavy atom. The van der Waals surface area contributed by atoms with E-state index in [1.807, 2.05) is 0 Å². The van der Waals surface area contributed by atoms with Crippen LogP contribution in [0.2, 0.25) is 0 Å². The Kier molecular flexibility index (Phi) is 2.18. The van der Waals surface area contributed by atoms with E-state index >= 15 is 0 Å². The number of hydrogen-bond acceptors (Lipinski definition) is 4. The van der Waals surface area contributed by atoms with Gasteiger partial charge in [-0.25, -0.2) is 4.79 Å². The summed E-state index contributed by atoms with van der Waals surface area (Å²) in [6.07, 6.45) is 1.66. The van der Waals surface area contributed by atoms with Crippen LogP contribution in [-0.2, 0) is 4.74 Å². The molecule has 0 aromatic heterocycles. The molecule has 0 saturated carbocycles. The van der Waals surface area contributed by atoms with Crippen LogP contribution in [0.15, 0.2) is 23.2 Å². The van der Waals surface area contributed by atoms with Gasteiger partial charge in [0, 0.05) is 6.21 Å². The van der Waals surface area contributed by atoms with Gasteiger partial charge in [-0.2, -0.15) is 0 Å². The number of benzene rings is 1. The van der Waals surface area contributed by atoms with Gasteiger partial charge < -0.3 is 9.47 Å². The highest BCUT2D eigenvalue weighted by Crippen LogP contribution is 2.33. The first kappa shape index (κ1) is 8.74. The Morgan fingerprint density at radius 1 is 1.57 bits per heavy atom. The average Bonchev–Trinajstić information content (AvgIpc) is 2.27. The van der Waals surface area contributed by atoms with Crippen molar-refractivity contribution in [3.63, 3.8) is 0 Å². The molecule has 14 heavy (non-hydrogen) atoms. The first-order valence-corrected chi connectivity index (χ1v) is 4.19. The largest absolute Gasteiger partial charge is 0.485 e. The standard InChI is InChI=1S/C10H9NO3/c1-13-10(12)7-3-2-4-8-9(7)14-6-5-11-8/h2-5H,6H2,1H3. The van der Waals surface area contributed by atoms with Crippen LogP contribution in [0.4, 0.5) is 5.69 Å². The first-order chi connectivity index (χ1) is 6.83. The summed E-state index contributed by atoms with van der Waals surface area (Å²) in [5.41, 5.74) is 1.08. The zero-order valence-corrected chi connectivity index (χ0v) is 7.69. The third-order valence-corrected chi connectivity index (χ3v) is 1.93. The van der Waals surface area contributed by atoms with Crippen LogP contribution in [0.3, 0.4) is 0 Å². The molecule has 1 aromatic carbocycles. The van der Waals surface area contributed by atoms with Crippen molar-refractivity contribution in [3.05, 3.63) is 23.8 Å². The number of hydrogen-bond donors (Lipinski definition) is 0. The summed E-state index contributed by atoms with van der Waals surface area (Å²) < 4.78 is 9.96. The highest BCUT2D eigenvalue weighted by molar-refractivity contribution is 5.95. The van der Waals surface area contributed by atoms with Crippen molar-refractivity contribution in [2.24, 2.45) is 4.99 Å². The molecule has 0 saturated heterocycles. The maximum Gasteiger partial charge on any atom is 0.341 e. The maximum atomic E-state index is 11.3. The van der Waals surface area contributed by atoms with E-state index < -0.39 is 5.97 Å². The lowest BCUT2D eigenvalue weighted by Gasteiger charge is -2.14. The fourth-order valence-electron chi connectivity index (χ4n) is 1.31. The van der Waals surface area contributed by atoms with E-state index in [0.717, 1.165) is 0 Å². The molecule has 0 radical (unpaired) electrons. The topological polar surface area (TPSA) is 47.9 Å². The second kappa shape index (κ2) is 3.49. The van der Waals surface area contributed by atoms with E-state index in [4.69, 9.17) is 4.74 Å². The zero-order chi connectivity index (χ0) is 9.97. The summed E-state index contributed by atoms with van der Waals surface area (Å²) in [6, 6.07) is 5.19. The van der Waals surface area contributed by atoms with Gasteiger partial charge in [0.05, 0.1) is 7.11 Å². The average molecular weight is 191 g/mol. The lowest BCUT2D eigenvalue weighted by molar-refractivity contribution is 0.0596. The smallest absolute Gasteiger partial charge is 0.341 e. The van der Waals surface area contributed by atoms with Crippen molar-refractivity contribution in [1.29, 1.82) is 0 Å². The van der Waals surface area contributed by atoms with Crippen molar-refractivity contribution in [1.82, 2.24) is 0 Å². The third-order valence-electron chi connectivity index (χ3n) is 1.93. The van der Waals surface area contributed by atoms with Crippen molar-refractivity contribution < 1.29 is 14.3 Å². The lowest BCUT2D eigenvalue weighted by Crippen LogP contribution is -2.09. The normalized spacial score (nSPS) is 12.9. The van der Waals surface area contributed by atoms with E-state index in [2.05, 4.69) is 9.73 Å². The van der Waals surface area contributed by atoms with Gasteiger partial charge in [-0.3, -0.25) is 4.99 Å². The summed E-state index contributed by atoms with van der Waals surface area (Å²) in [4.78, 5) is 15.4. The highest BCUT2D eigenvalue weighted by atomic mass is 16.5. The summed E-state index contributed by atoms with van der Waals surface area (Å²) in [5, 5.41) is 0. The van der Waals surface area contributed by atoms with Crippen LogP contribution in [0, 0.1) is 0 Å². The first-order valence-electron chi connectivity index (χ1n) is 4.19. The number of para-hydroxylation sites is 1. The van der Waals surface area contributed by atoms with Crippen molar-refractivity contribution in [2.75, 3.05) is 13.7 Å². The van der Waals surface area contributed by atoms with Gasteiger partial charge in [0.25, 0.3) is 0 Å². The van der Waals surface area contributed by atoms with E-state index in [-0.39, 0.29) is 0 Å². The molecule has 1 aromatic rings. The molecule has 4 heteroatoms. The fraction of sp³-hybridized carbons (Fsp3) is 0.200. The Bertz CT molecular complexity index is 398. The predicted molar refractivity (Wildman–Crippen MR) is 51.4 cm³/mol. The quantitative estimate of drug-likeness (QED) is 0.633. The molecule has 0 atom stereocenters. The number of aliphatic imine (C=N–C) groups is 1. The molecule has 2 rings (SSSR count). The van der Waals surface area contributed by atoms with Crippen molar-refractivity contribution in [2.45, 2.75) is 0 Å². The van der Waals surface area contributed by atoms with Gasteiger partial charge in [-0.05, 0) is 12.1 Å². The van der Waals surface area contributed by atoms with Gasteiger partial charge in [0.15, 0.2) is 5.75 Å². The molecule has 0 amide bonds. The molecule has 0 aliphatic carbocycles.